The van der Waals surface area contributed by atoms with E-state index in [0.29, 0.717) is 11.7 Å². The third-order valence-electron chi connectivity index (χ3n) is 4.11. The molecule has 1 saturated heterocycles. The number of hydrogen-bond acceptors (Lipinski definition) is 2. The van der Waals surface area contributed by atoms with Crippen LogP contribution in [0.4, 0.5) is 0 Å². The summed E-state index contributed by atoms with van der Waals surface area (Å²) in [5.41, 5.74) is 0. The average Bonchev–Trinajstić information content (AvgIpc) is 2.64. The fraction of sp³-hybridized carbons (Fsp3) is 0.929. The third-order valence-corrected chi connectivity index (χ3v) is 4.11. The van der Waals surface area contributed by atoms with Gasteiger partial charge in [-0.05, 0) is 38.8 Å². The minimum absolute atomic E-state index is 0.362. The normalized spacial score (nSPS) is 29.8. The summed E-state index contributed by atoms with van der Waals surface area (Å²) < 4.78 is 0. The van der Waals surface area contributed by atoms with Crippen LogP contribution in [-0.4, -0.2) is 30.3 Å². The molecule has 0 amide bonds. The highest BCUT2D eigenvalue weighted by Crippen LogP contribution is 2.22. The molecule has 1 atom stereocenters. The van der Waals surface area contributed by atoms with E-state index in [1.807, 2.05) is 0 Å². The number of Topliss-reactive ketones (excluding diaryl/α,β-unsaturated/α-hetero) is 1. The first-order valence-electron chi connectivity index (χ1n) is 7.11. The van der Waals surface area contributed by atoms with Crippen LogP contribution in [0.1, 0.15) is 57.8 Å². The molecule has 2 fully saturated rings. The highest BCUT2D eigenvalue weighted by molar-refractivity contribution is 5.81. The lowest BCUT2D eigenvalue weighted by Gasteiger charge is -2.24. The van der Waals surface area contributed by atoms with Crippen LogP contribution in [0.3, 0.4) is 0 Å². The van der Waals surface area contributed by atoms with Crippen molar-refractivity contribution in [3.05, 3.63) is 0 Å². The van der Waals surface area contributed by atoms with Gasteiger partial charge < -0.3 is 4.90 Å². The largest absolute Gasteiger partial charge is 0.303 e. The van der Waals surface area contributed by atoms with E-state index in [2.05, 4.69) is 4.90 Å². The van der Waals surface area contributed by atoms with Gasteiger partial charge in [0, 0.05) is 18.9 Å². The molecule has 2 heteroatoms. The van der Waals surface area contributed by atoms with Gasteiger partial charge in [0.05, 0.1) is 0 Å². The molecule has 0 aromatic carbocycles. The number of carbonyl (C=O) groups excluding carboxylic acids is 1. The van der Waals surface area contributed by atoms with Gasteiger partial charge in [0.1, 0.15) is 5.78 Å². The van der Waals surface area contributed by atoms with Crippen molar-refractivity contribution in [1.82, 2.24) is 4.90 Å². The van der Waals surface area contributed by atoms with Crippen LogP contribution in [0, 0.1) is 5.92 Å². The van der Waals surface area contributed by atoms with Crippen molar-refractivity contribution in [2.75, 3.05) is 19.6 Å². The Balaban J connectivity index is 1.83. The van der Waals surface area contributed by atoms with Crippen molar-refractivity contribution in [3.63, 3.8) is 0 Å². The van der Waals surface area contributed by atoms with Gasteiger partial charge in [0.2, 0.25) is 0 Å². The average molecular weight is 223 g/mol. The van der Waals surface area contributed by atoms with Gasteiger partial charge >= 0.3 is 0 Å². The molecule has 92 valence electrons. The molecule has 1 saturated carbocycles. The van der Waals surface area contributed by atoms with E-state index < -0.39 is 0 Å². The Labute approximate surface area is 99.4 Å². The minimum atomic E-state index is 0.362. The first-order chi connectivity index (χ1) is 7.86. The van der Waals surface area contributed by atoms with Gasteiger partial charge in [-0.1, -0.05) is 25.7 Å². The molecule has 1 aliphatic carbocycles. The van der Waals surface area contributed by atoms with Crippen molar-refractivity contribution < 1.29 is 4.79 Å². The Hall–Kier alpha value is -0.370. The lowest BCUT2D eigenvalue weighted by Crippen LogP contribution is -2.33. The summed E-state index contributed by atoms with van der Waals surface area (Å²) in [6, 6.07) is 0. The Bertz CT molecular complexity index is 219. The Morgan fingerprint density at radius 1 is 0.938 bits per heavy atom. The molecule has 1 unspecified atom stereocenters. The van der Waals surface area contributed by atoms with E-state index in [-0.39, 0.29) is 0 Å². The summed E-state index contributed by atoms with van der Waals surface area (Å²) in [4.78, 5) is 14.5. The molecule has 1 aliphatic heterocycles. The molecule has 2 nitrogen and oxygen atoms in total. The fourth-order valence-corrected chi connectivity index (χ4v) is 3.06. The number of ketones is 1. The third kappa shape index (κ3) is 3.58. The summed E-state index contributed by atoms with van der Waals surface area (Å²) in [7, 11) is 0. The van der Waals surface area contributed by atoms with Crippen LogP contribution in [0.2, 0.25) is 0 Å². The smallest absolute Gasteiger partial charge is 0.137 e. The van der Waals surface area contributed by atoms with Gasteiger partial charge in [-0.2, -0.15) is 0 Å². The molecule has 1 heterocycles. The van der Waals surface area contributed by atoms with E-state index in [9.17, 15) is 4.79 Å². The molecule has 2 rings (SSSR count). The molecule has 0 bridgehead atoms. The van der Waals surface area contributed by atoms with Crippen LogP contribution in [0.5, 0.6) is 0 Å². The summed E-state index contributed by atoms with van der Waals surface area (Å²) in [5, 5.41) is 0. The van der Waals surface area contributed by atoms with E-state index >= 15 is 0 Å². The van der Waals surface area contributed by atoms with Gasteiger partial charge in [0.15, 0.2) is 0 Å². The lowest BCUT2D eigenvalue weighted by atomic mass is 9.98. The topological polar surface area (TPSA) is 20.3 Å². The molecule has 0 N–H and O–H groups in total. The second-order valence-electron chi connectivity index (χ2n) is 5.48. The summed E-state index contributed by atoms with van der Waals surface area (Å²) in [6.45, 7) is 3.51. The first kappa shape index (κ1) is 12.1. The summed E-state index contributed by atoms with van der Waals surface area (Å²) in [6.07, 6.45) is 11.1. The molecule has 0 aromatic rings. The zero-order chi connectivity index (χ0) is 11.2. The van der Waals surface area contributed by atoms with Crippen molar-refractivity contribution in [2.24, 2.45) is 5.92 Å². The SMILES string of the molecule is O=C1CCCCCC1CN1CCCCCC1. The highest BCUT2D eigenvalue weighted by atomic mass is 16.1. The van der Waals surface area contributed by atoms with E-state index in [1.165, 1.54) is 51.6 Å². The second-order valence-corrected chi connectivity index (χ2v) is 5.48. The zero-order valence-corrected chi connectivity index (χ0v) is 10.4. The Morgan fingerprint density at radius 3 is 2.38 bits per heavy atom. The van der Waals surface area contributed by atoms with Crippen LogP contribution < -0.4 is 0 Å². The van der Waals surface area contributed by atoms with Crippen molar-refractivity contribution in [3.8, 4) is 0 Å². The lowest BCUT2D eigenvalue weighted by molar-refractivity contribution is -0.123. The standard InChI is InChI=1S/C14H25NO/c16-14-9-5-3-4-8-13(14)12-15-10-6-1-2-7-11-15/h13H,1-12H2. The quantitative estimate of drug-likeness (QED) is 0.671. The molecular weight excluding hydrogens is 198 g/mol. The maximum absolute atomic E-state index is 11.9. The summed E-state index contributed by atoms with van der Waals surface area (Å²) >= 11 is 0. The Kier molecular flexibility index (Phi) is 4.83. The number of rotatable bonds is 2. The molecule has 0 spiro atoms. The molecule has 0 radical (unpaired) electrons. The zero-order valence-electron chi connectivity index (χ0n) is 10.4. The van der Waals surface area contributed by atoms with Gasteiger partial charge in [0.25, 0.3) is 0 Å². The molecule has 0 aromatic heterocycles. The van der Waals surface area contributed by atoms with Crippen LogP contribution in [0.15, 0.2) is 0 Å². The molecule has 16 heavy (non-hydrogen) atoms. The van der Waals surface area contributed by atoms with Crippen LogP contribution >= 0.6 is 0 Å². The van der Waals surface area contributed by atoms with E-state index in [1.54, 1.807) is 0 Å². The van der Waals surface area contributed by atoms with E-state index in [0.717, 1.165) is 25.8 Å². The molecule has 2 aliphatic rings. The number of nitrogens with zero attached hydrogens (tertiary/aromatic N) is 1. The van der Waals surface area contributed by atoms with E-state index in [4.69, 9.17) is 0 Å². The van der Waals surface area contributed by atoms with Crippen molar-refractivity contribution in [1.29, 1.82) is 0 Å². The number of likely N-dealkylation sites (tertiary alicyclic amines) is 1. The first-order valence-corrected chi connectivity index (χ1v) is 7.11. The van der Waals surface area contributed by atoms with Crippen LogP contribution in [0.25, 0.3) is 0 Å². The molecular formula is C14H25NO. The number of hydrogen-bond donors (Lipinski definition) is 0. The van der Waals surface area contributed by atoms with Gasteiger partial charge in [-0.25, -0.2) is 0 Å². The van der Waals surface area contributed by atoms with Crippen molar-refractivity contribution >= 4 is 5.78 Å². The predicted molar refractivity (Wildman–Crippen MR) is 66.5 cm³/mol. The van der Waals surface area contributed by atoms with Gasteiger partial charge in [-0.15, -0.1) is 0 Å². The maximum atomic E-state index is 11.9. The minimum Gasteiger partial charge on any atom is -0.303 e. The van der Waals surface area contributed by atoms with Gasteiger partial charge in [-0.3, -0.25) is 4.79 Å². The Morgan fingerprint density at radius 2 is 1.62 bits per heavy atom. The number of carbonyl (C=O) groups is 1. The monoisotopic (exact) mass is 223 g/mol. The van der Waals surface area contributed by atoms with Crippen LogP contribution in [-0.2, 0) is 4.79 Å². The highest BCUT2D eigenvalue weighted by Gasteiger charge is 2.23. The fourth-order valence-electron chi connectivity index (χ4n) is 3.06. The predicted octanol–water partition coefficient (Wildman–Crippen LogP) is 3.01. The second kappa shape index (κ2) is 6.39. The van der Waals surface area contributed by atoms with Crippen molar-refractivity contribution in [2.45, 2.75) is 57.8 Å². The summed E-state index contributed by atoms with van der Waals surface area (Å²) in [5.74, 6) is 0.905. The maximum Gasteiger partial charge on any atom is 0.137 e.